The van der Waals surface area contributed by atoms with Gasteiger partial charge in [0, 0.05) is 24.2 Å². The summed E-state index contributed by atoms with van der Waals surface area (Å²) in [5.74, 6) is -2.09. The molecule has 0 aliphatic heterocycles. The summed E-state index contributed by atoms with van der Waals surface area (Å²) in [5, 5.41) is 18.9. The second-order valence-electron chi connectivity index (χ2n) is 6.53. The molecule has 1 heterocycles. The van der Waals surface area contributed by atoms with Gasteiger partial charge in [0.1, 0.15) is 11.6 Å². The highest BCUT2D eigenvalue weighted by atomic mass is 19.1. The molecule has 1 aliphatic carbocycles. The van der Waals surface area contributed by atoms with E-state index in [4.69, 9.17) is 5.11 Å². The van der Waals surface area contributed by atoms with Crippen molar-refractivity contribution in [3.63, 3.8) is 0 Å². The van der Waals surface area contributed by atoms with E-state index in [1.807, 2.05) is 11.8 Å². The highest BCUT2D eigenvalue weighted by molar-refractivity contribution is 5.69. The van der Waals surface area contributed by atoms with Crippen LogP contribution in [0.25, 0.3) is 11.3 Å². The molecule has 0 radical (unpaired) electrons. The normalized spacial score (nSPS) is 19.5. The van der Waals surface area contributed by atoms with E-state index < -0.39 is 17.6 Å². The Labute approximate surface area is 150 Å². The van der Waals surface area contributed by atoms with Gasteiger partial charge in [-0.1, -0.05) is 13.0 Å². The Bertz CT molecular complexity index is 754. The smallest absolute Gasteiger partial charge is 0.317 e. The number of nitrogens with one attached hydrogen (secondary N) is 2. The summed E-state index contributed by atoms with van der Waals surface area (Å²) in [6, 6.07) is 4.26. The first-order valence-corrected chi connectivity index (χ1v) is 8.65. The number of halogens is 2. The van der Waals surface area contributed by atoms with Crippen molar-refractivity contribution in [1.82, 2.24) is 20.4 Å². The quantitative estimate of drug-likeness (QED) is 0.670. The summed E-state index contributed by atoms with van der Waals surface area (Å²) in [7, 11) is 0. The molecule has 2 aromatic rings. The third kappa shape index (κ3) is 3.91. The average molecular weight is 364 g/mol. The third-order valence-corrected chi connectivity index (χ3v) is 4.89. The van der Waals surface area contributed by atoms with Gasteiger partial charge in [-0.3, -0.25) is 14.8 Å². The molecule has 8 heteroatoms. The second kappa shape index (κ2) is 7.92. The molecule has 6 nitrogen and oxygen atoms in total. The number of carboxylic acid groups (broad SMARTS) is 1. The zero-order chi connectivity index (χ0) is 18.7. The van der Waals surface area contributed by atoms with Gasteiger partial charge < -0.3 is 10.4 Å². The molecular weight excluding hydrogens is 342 g/mol. The molecule has 3 rings (SSSR count). The van der Waals surface area contributed by atoms with Crippen molar-refractivity contribution in [3.8, 4) is 11.3 Å². The van der Waals surface area contributed by atoms with E-state index in [9.17, 15) is 13.6 Å². The number of H-pyrrole nitrogens is 1. The van der Waals surface area contributed by atoms with Crippen molar-refractivity contribution in [2.45, 2.75) is 38.4 Å². The van der Waals surface area contributed by atoms with E-state index in [-0.39, 0.29) is 24.2 Å². The highest BCUT2D eigenvalue weighted by Crippen LogP contribution is 2.29. The lowest BCUT2D eigenvalue weighted by Crippen LogP contribution is -2.53. The molecule has 0 bridgehead atoms. The lowest BCUT2D eigenvalue weighted by molar-refractivity contribution is -0.139. The van der Waals surface area contributed by atoms with Gasteiger partial charge >= 0.3 is 5.97 Å². The molecule has 1 fully saturated rings. The largest absolute Gasteiger partial charge is 0.480 e. The third-order valence-electron chi connectivity index (χ3n) is 4.89. The van der Waals surface area contributed by atoms with Crippen LogP contribution in [0.4, 0.5) is 8.78 Å². The van der Waals surface area contributed by atoms with E-state index in [0.29, 0.717) is 24.3 Å². The van der Waals surface area contributed by atoms with Gasteiger partial charge in [0.05, 0.1) is 24.0 Å². The summed E-state index contributed by atoms with van der Waals surface area (Å²) >= 11 is 0. The van der Waals surface area contributed by atoms with Crippen LogP contribution >= 0.6 is 0 Å². The Kier molecular flexibility index (Phi) is 5.63. The Hall–Kier alpha value is -2.32. The molecule has 26 heavy (non-hydrogen) atoms. The van der Waals surface area contributed by atoms with E-state index >= 15 is 0 Å². The Morgan fingerprint density at radius 1 is 1.38 bits per heavy atom. The van der Waals surface area contributed by atoms with Crippen molar-refractivity contribution in [3.05, 3.63) is 41.6 Å². The maximum absolute atomic E-state index is 14.0. The van der Waals surface area contributed by atoms with Gasteiger partial charge in [-0.2, -0.15) is 5.10 Å². The zero-order valence-corrected chi connectivity index (χ0v) is 14.5. The number of likely N-dealkylation sites (N-methyl/N-ethyl adjacent to an activating group) is 1. The topological polar surface area (TPSA) is 81.2 Å². The minimum atomic E-state index is -0.821. The van der Waals surface area contributed by atoms with Crippen LogP contribution in [0.2, 0.25) is 0 Å². The van der Waals surface area contributed by atoms with E-state index in [1.165, 1.54) is 18.2 Å². The number of aromatic amines is 1. The first kappa shape index (κ1) is 18.5. The lowest BCUT2D eigenvalue weighted by atomic mass is 9.85. The van der Waals surface area contributed by atoms with Gasteiger partial charge in [-0.05, 0) is 31.5 Å². The summed E-state index contributed by atoms with van der Waals surface area (Å²) in [6.45, 7) is 3.13. The molecule has 1 aromatic carbocycles. The first-order valence-electron chi connectivity index (χ1n) is 8.65. The molecule has 0 saturated heterocycles. The molecular formula is C18H22F2N4O2. The molecule has 1 saturated carbocycles. The van der Waals surface area contributed by atoms with E-state index in [0.717, 1.165) is 12.8 Å². The van der Waals surface area contributed by atoms with Crippen LogP contribution < -0.4 is 5.32 Å². The number of hydrogen-bond acceptors (Lipinski definition) is 4. The number of aliphatic carboxylic acids is 1. The number of aromatic nitrogens is 2. The van der Waals surface area contributed by atoms with Crippen molar-refractivity contribution in [2.24, 2.45) is 0 Å². The number of carbonyl (C=O) groups is 1. The fourth-order valence-corrected chi connectivity index (χ4v) is 3.38. The van der Waals surface area contributed by atoms with E-state index in [1.54, 1.807) is 6.20 Å². The van der Waals surface area contributed by atoms with Crippen LogP contribution in [-0.2, 0) is 11.3 Å². The molecule has 0 amide bonds. The molecule has 0 spiro atoms. The van der Waals surface area contributed by atoms with Crippen molar-refractivity contribution in [2.75, 3.05) is 13.1 Å². The van der Waals surface area contributed by atoms with Crippen molar-refractivity contribution in [1.29, 1.82) is 0 Å². The van der Waals surface area contributed by atoms with Crippen LogP contribution in [0.3, 0.4) is 0 Å². The first-order chi connectivity index (χ1) is 12.5. The number of carboxylic acids is 1. The second-order valence-corrected chi connectivity index (χ2v) is 6.53. The average Bonchev–Trinajstić information content (AvgIpc) is 3.00. The molecule has 0 unspecified atom stereocenters. The molecule has 1 aromatic heterocycles. The SMILES string of the molecule is CCN(CC(=O)O)C1CC(NCc2cn[nH]c2-c2c(F)cccc2F)C1. The fraction of sp³-hybridized carbons (Fsp3) is 0.444. The van der Waals surface area contributed by atoms with Crippen LogP contribution in [0.15, 0.2) is 24.4 Å². The lowest BCUT2D eigenvalue weighted by Gasteiger charge is -2.42. The summed E-state index contributed by atoms with van der Waals surface area (Å²) in [5.41, 5.74) is 0.923. The summed E-state index contributed by atoms with van der Waals surface area (Å²) in [4.78, 5) is 12.8. The van der Waals surface area contributed by atoms with Crippen LogP contribution in [-0.4, -0.2) is 51.3 Å². The van der Waals surface area contributed by atoms with Crippen LogP contribution in [0, 0.1) is 11.6 Å². The zero-order valence-electron chi connectivity index (χ0n) is 14.5. The van der Waals surface area contributed by atoms with Crippen LogP contribution in [0.1, 0.15) is 25.3 Å². The van der Waals surface area contributed by atoms with Crippen molar-refractivity contribution < 1.29 is 18.7 Å². The molecule has 3 N–H and O–H groups in total. The minimum Gasteiger partial charge on any atom is -0.480 e. The summed E-state index contributed by atoms with van der Waals surface area (Å²) < 4.78 is 28.0. The Morgan fingerprint density at radius 2 is 2.08 bits per heavy atom. The number of nitrogens with zero attached hydrogens (tertiary/aromatic N) is 2. The van der Waals surface area contributed by atoms with Crippen LogP contribution in [0.5, 0.6) is 0 Å². The fourth-order valence-electron chi connectivity index (χ4n) is 3.38. The van der Waals surface area contributed by atoms with Gasteiger partial charge in [0.2, 0.25) is 0 Å². The van der Waals surface area contributed by atoms with E-state index in [2.05, 4.69) is 15.5 Å². The number of benzene rings is 1. The van der Waals surface area contributed by atoms with Gasteiger partial charge in [-0.15, -0.1) is 0 Å². The Morgan fingerprint density at radius 3 is 2.69 bits per heavy atom. The van der Waals surface area contributed by atoms with Gasteiger partial charge in [-0.25, -0.2) is 8.78 Å². The van der Waals surface area contributed by atoms with Gasteiger partial charge in [0.15, 0.2) is 0 Å². The minimum absolute atomic E-state index is 0.0479. The highest BCUT2D eigenvalue weighted by Gasteiger charge is 2.33. The number of rotatable bonds is 8. The molecule has 0 atom stereocenters. The summed E-state index contributed by atoms with van der Waals surface area (Å²) in [6.07, 6.45) is 3.26. The Balaban J connectivity index is 1.58. The predicted octanol–water partition coefficient (Wildman–Crippen LogP) is 2.38. The predicted molar refractivity (Wildman–Crippen MR) is 92.5 cm³/mol. The maximum Gasteiger partial charge on any atom is 0.317 e. The van der Waals surface area contributed by atoms with Gasteiger partial charge in [0.25, 0.3) is 0 Å². The molecule has 1 aliphatic rings. The maximum atomic E-state index is 14.0. The van der Waals surface area contributed by atoms with Crippen molar-refractivity contribution >= 4 is 5.97 Å². The molecule has 140 valence electrons. The standard InChI is InChI=1S/C18H22F2N4O2/c1-2-24(10-16(25)26)13-6-12(7-13)21-8-11-9-22-23-18(11)17-14(19)4-3-5-15(17)20/h3-5,9,12-13,21H,2,6-8,10H2,1H3,(H,22,23)(H,25,26). The monoisotopic (exact) mass is 364 g/mol. The number of hydrogen-bond donors (Lipinski definition) is 3.